The Kier molecular flexibility index (Phi) is 6.81. The summed E-state index contributed by atoms with van der Waals surface area (Å²) in [4.78, 5) is 15.9. The van der Waals surface area contributed by atoms with E-state index in [1.807, 2.05) is 6.07 Å². The van der Waals surface area contributed by atoms with Gasteiger partial charge in [0.2, 0.25) is 15.9 Å². The molecular formula is C24H23FN4O3S2. The summed E-state index contributed by atoms with van der Waals surface area (Å²) in [6.45, 7) is 3.27. The maximum absolute atomic E-state index is 13.6. The Morgan fingerprint density at radius 2 is 2.00 bits per heavy atom. The fourth-order valence-corrected chi connectivity index (χ4v) is 5.80. The van der Waals surface area contributed by atoms with E-state index in [4.69, 9.17) is 5.14 Å². The Morgan fingerprint density at radius 3 is 2.65 bits per heavy atom. The number of fused-ring (bicyclic) bond motifs is 1. The first kappa shape index (κ1) is 24.0. The number of hydrogen-bond donors (Lipinski definition) is 2. The zero-order valence-corrected chi connectivity index (χ0v) is 20.0. The van der Waals surface area contributed by atoms with Crippen LogP contribution in [0.3, 0.4) is 0 Å². The highest BCUT2D eigenvalue weighted by atomic mass is 32.2. The van der Waals surface area contributed by atoms with Crippen LogP contribution in [0, 0.1) is 17.1 Å². The standard InChI is InChI=1S/C24H23FN4O3S2/c1-15-9-20-21(12-26)24(28-23(30)11-16-5-7-19(8-6-16)34(27,31)32)33-22(20)14-29(15)13-17-3-2-4-18(25)10-17/h2-8,10,15H,9,11,13-14H2,1H3,(H,28,30)(H2,27,31,32). The van der Waals surface area contributed by atoms with Crippen molar-refractivity contribution in [3.63, 3.8) is 0 Å². The normalized spacial score (nSPS) is 16.0. The molecule has 0 fully saturated rings. The summed E-state index contributed by atoms with van der Waals surface area (Å²) >= 11 is 1.38. The number of carbonyl (C=O) groups excluding carboxylic acids is 1. The summed E-state index contributed by atoms with van der Waals surface area (Å²) in [5.41, 5.74) is 2.94. The Morgan fingerprint density at radius 1 is 1.26 bits per heavy atom. The Labute approximate surface area is 201 Å². The number of carbonyl (C=O) groups is 1. The van der Waals surface area contributed by atoms with Gasteiger partial charge >= 0.3 is 0 Å². The molecule has 0 radical (unpaired) electrons. The molecule has 0 aliphatic carbocycles. The molecule has 10 heteroatoms. The maximum Gasteiger partial charge on any atom is 0.238 e. The first-order valence-corrected chi connectivity index (χ1v) is 12.9. The van der Waals surface area contributed by atoms with Crippen molar-refractivity contribution in [2.45, 2.75) is 43.8 Å². The molecule has 0 saturated heterocycles. The summed E-state index contributed by atoms with van der Waals surface area (Å²) in [6, 6.07) is 14.7. The van der Waals surface area contributed by atoms with Gasteiger partial charge in [0, 0.05) is 24.0 Å². The minimum atomic E-state index is -3.80. The predicted molar refractivity (Wildman–Crippen MR) is 128 cm³/mol. The van der Waals surface area contributed by atoms with E-state index < -0.39 is 10.0 Å². The number of nitrogens with two attached hydrogens (primary N) is 1. The Bertz CT molecular complexity index is 1380. The third-order valence-corrected chi connectivity index (χ3v) is 7.88. The maximum atomic E-state index is 13.6. The molecule has 176 valence electrons. The quantitative estimate of drug-likeness (QED) is 0.539. The minimum absolute atomic E-state index is 0.0220. The number of halogens is 1. The molecule has 2 aromatic carbocycles. The molecule has 2 heterocycles. The summed E-state index contributed by atoms with van der Waals surface area (Å²) in [6.07, 6.45) is 0.690. The van der Waals surface area contributed by atoms with Crippen LogP contribution in [-0.4, -0.2) is 25.3 Å². The number of nitrogens with one attached hydrogen (secondary N) is 1. The zero-order chi connectivity index (χ0) is 24.5. The van der Waals surface area contributed by atoms with Crippen molar-refractivity contribution in [2.75, 3.05) is 5.32 Å². The average Bonchev–Trinajstić information content (AvgIpc) is 3.09. The molecule has 0 bridgehead atoms. The van der Waals surface area contributed by atoms with Gasteiger partial charge in [-0.25, -0.2) is 17.9 Å². The molecule has 4 rings (SSSR count). The molecule has 1 amide bonds. The second kappa shape index (κ2) is 9.64. The van der Waals surface area contributed by atoms with Crippen LogP contribution in [-0.2, 0) is 40.7 Å². The van der Waals surface area contributed by atoms with Crippen LogP contribution in [0.15, 0.2) is 53.4 Å². The molecule has 1 atom stereocenters. The molecule has 1 unspecified atom stereocenters. The number of hydrogen-bond acceptors (Lipinski definition) is 6. The first-order chi connectivity index (χ1) is 16.1. The number of nitrogens with zero attached hydrogens (tertiary/aromatic N) is 2. The summed E-state index contributed by atoms with van der Waals surface area (Å²) in [5, 5.41) is 18.2. The van der Waals surface area contributed by atoms with Crippen LogP contribution in [0.5, 0.6) is 0 Å². The largest absolute Gasteiger partial charge is 0.316 e. The highest BCUT2D eigenvalue weighted by Crippen LogP contribution is 2.38. The van der Waals surface area contributed by atoms with Gasteiger partial charge in [0.25, 0.3) is 0 Å². The van der Waals surface area contributed by atoms with E-state index >= 15 is 0 Å². The van der Waals surface area contributed by atoms with Crippen LogP contribution >= 0.6 is 11.3 Å². The van der Waals surface area contributed by atoms with Crippen molar-refractivity contribution in [1.82, 2.24) is 4.90 Å². The molecule has 0 spiro atoms. The van der Waals surface area contributed by atoms with Gasteiger partial charge in [-0.05, 0) is 54.3 Å². The zero-order valence-electron chi connectivity index (χ0n) is 18.4. The molecule has 1 aliphatic rings. The lowest BCUT2D eigenvalue weighted by atomic mass is 9.97. The van der Waals surface area contributed by atoms with Crippen LogP contribution < -0.4 is 10.5 Å². The van der Waals surface area contributed by atoms with E-state index in [9.17, 15) is 22.9 Å². The van der Waals surface area contributed by atoms with E-state index in [0.29, 0.717) is 35.6 Å². The number of benzene rings is 2. The molecule has 3 N–H and O–H groups in total. The average molecular weight is 499 g/mol. The number of rotatable bonds is 6. The van der Waals surface area contributed by atoms with E-state index in [1.54, 1.807) is 6.07 Å². The van der Waals surface area contributed by atoms with E-state index in [-0.39, 0.29) is 29.1 Å². The van der Waals surface area contributed by atoms with Gasteiger partial charge in [0.15, 0.2) is 0 Å². The van der Waals surface area contributed by atoms with Crippen LogP contribution in [0.25, 0.3) is 0 Å². The third-order valence-electron chi connectivity index (χ3n) is 5.82. The van der Waals surface area contributed by atoms with Gasteiger partial charge in [-0.2, -0.15) is 5.26 Å². The molecule has 0 saturated carbocycles. The number of thiophene rings is 1. The van der Waals surface area contributed by atoms with Crippen LogP contribution in [0.2, 0.25) is 0 Å². The summed E-state index contributed by atoms with van der Waals surface area (Å²) in [7, 11) is -3.80. The number of primary sulfonamides is 1. The molecule has 1 aromatic heterocycles. The second-order valence-electron chi connectivity index (χ2n) is 8.32. The van der Waals surface area contributed by atoms with Crippen molar-refractivity contribution < 1.29 is 17.6 Å². The molecule has 7 nitrogen and oxygen atoms in total. The van der Waals surface area contributed by atoms with Gasteiger partial charge in [0.05, 0.1) is 16.9 Å². The first-order valence-electron chi connectivity index (χ1n) is 10.6. The number of amides is 1. The van der Waals surface area contributed by atoms with Crippen molar-refractivity contribution in [3.05, 3.63) is 81.5 Å². The van der Waals surface area contributed by atoms with E-state index in [2.05, 4.69) is 23.2 Å². The van der Waals surface area contributed by atoms with Crippen molar-refractivity contribution in [3.8, 4) is 6.07 Å². The fraction of sp³-hybridized carbons (Fsp3) is 0.250. The smallest absolute Gasteiger partial charge is 0.238 e. The van der Waals surface area contributed by atoms with E-state index in [1.165, 1.54) is 47.7 Å². The predicted octanol–water partition coefficient (Wildman–Crippen LogP) is 3.53. The topological polar surface area (TPSA) is 116 Å². The number of anilines is 1. The fourth-order valence-electron chi connectivity index (χ4n) is 4.06. The minimum Gasteiger partial charge on any atom is -0.316 e. The lowest BCUT2D eigenvalue weighted by Gasteiger charge is -2.33. The number of nitriles is 1. The van der Waals surface area contributed by atoms with Crippen molar-refractivity contribution in [1.29, 1.82) is 5.26 Å². The molecule has 3 aromatic rings. The monoisotopic (exact) mass is 498 g/mol. The number of sulfonamides is 1. The SMILES string of the molecule is CC1Cc2c(sc(NC(=O)Cc3ccc(S(N)(=O)=O)cc3)c2C#N)CN1Cc1cccc(F)c1. The van der Waals surface area contributed by atoms with Crippen LogP contribution in [0.1, 0.15) is 34.1 Å². The van der Waals surface area contributed by atoms with Crippen molar-refractivity contribution >= 4 is 32.3 Å². The second-order valence-corrected chi connectivity index (χ2v) is 11.0. The van der Waals surface area contributed by atoms with E-state index in [0.717, 1.165) is 16.0 Å². The highest BCUT2D eigenvalue weighted by Gasteiger charge is 2.29. The third kappa shape index (κ3) is 5.34. The van der Waals surface area contributed by atoms with Gasteiger partial charge < -0.3 is 5.32 Å². The van der Waals surface area contributed by atoms with Gasteiger partial charge in [-0.3, -0.25) is 9.69 Å². The van der Waals surface area contributed by atoms with Gasteiger partial charge in [-0.15, -0.1) is 11.3 Å². The van der Waals surface area contributed by atoms with Gasteiger partial charge in [0.1, 0.15) is 16.9 Å². The lowest BCUT2D eigenvalue weighted by molar-refractivity contribution is -0.115. The Hall–Kier alpha value is -3.10. The van der Waals surface area contributed by atoms with Gasteiger partial charge in [-0.1, -0.05) is 24.3 Å². The summed E-state index contributed by atoms with van der Waals surface area (Å²) < 4.78 is 36.4. The van der Waals surface area contributed by atoms with Crippen LogP contribution in [0.4, 0.5) is 9.39 Å². The molecular weight excluding hydrogens is 475 g/mol. The Balaban J connectivity index is 1.48. The van der Waals surface area contributed by atoms with Crippen molar-refractivity contribution in [2.24, 2.45) is 5.14 Å². The highest BCUT2D eigenvalue weighted by molar-refractivity contribution is 7.89. The molecule has 1 aliphatic heterocycles. The summed E-state index contributed by atoms with van der Waals surface area (Å²) in [5.74, 6) is -0.571. The molecule has 34 heavy (non-hydrogen) atoms. The lowest BCUT2D eigenvalue weighted by Crippen LogP contribution is -2.37.